The Morgan fingerprint density at radius 3 is 2.43 bits per heavy atom. The van der Waals surface area contributed by atoms with Gasteiger partial charge in [-0.15, -0.1) is 11.3 Å². The number of thiazole rings is 1. The summed E-state index contributed by atoms with van der Waals surface area (Å²) < 4.78 is 6.89. The number of para-hydroxylation sites is 1. The van der Waals surface area contributed by atoms with Crippen LogP contribution in [-0.4, -0.2) is 28.2 Å². The molecule has 0 aliphatic rings. The Hall–Kier alpha value is -2.26. The number of hydrogen-bond acceptors (Lipinski definition) is 8. The van der Waals surface area contributed by atoms with Crippen molar-refractivity contribution in [3.63, 3.8) is 0 Å². The van der Waals surface area contributed by atoms with Gasteiger partial charge in [0.05, 0.1) is 16.3 Å². The molecule has 6 nitrogen and oxygen atoms in total. The van der Waals surface area contributed by atoms with Crippen molar-refractivity contribution in [1.82, 2.24) is 4.98 Å². The van der Waals surface area contributed by atoms with Crippen LogP contribution in [0.1, 0.15) is 18.4 Å². The molecule has 0 amide bonds. The van der Waals surface area contributed by atoms with E-state index in [0.29, 0.717) is 10.8 Å². The van der Waals surface area contributed by atoms with E-state index < -0.39 is 18.1 Å². The number of benzene rings is 2. The van der Waals surface area contributed by atoms with Crippen molar-refractivity contribution in [2.75, 3.05) is 0 Å². The number of carbonyl (C=O) groups excluding carboxylic acids is 2. The fraction of sp³-hybridized carbons (Fsp3) is 0.250. The molecule has 0 bridgehead atoms. The Balaban J connectivity index is 1.43. The molecular formula is C20H21N3O3S2. The Morgan fingerprint density at radius 1 is 1.00 bits per heavy atom. The fourth-order valence-corrected chi connectivity index (χ4v) is 4.45. The number of aromatic nitrogens is 1. The van der Waals surface area contributed by atoms with E-state index in [-0.39, 0.29) is 18.1 Å². The fourth-order valence-electron chi connectivity index (χ4n) is 2.49. The van der Waals surface area contributed by atoms with E-state index in [1.807, 2.05) is 54.6 Å². The van der Waals surface area contributed by atoms with E-state index in [0.717, 1.165) is 27.5 Å². The smallest absolute Gasteiger partial charge is 0.323 e. The molecule has 2 aromatic carbocycles. The van der Waals surface area contributed by atoms with Gasteiger partial charge in [-0.2, -0.15) is 0 Å². The molecule has 4 N–H and O–H groups in total. The molecule has 8 heteroatoms. The van der Waals surface area contributed by atoms with Gasteiger partial charge in [0.15, 0.2) is 4.34 Å². The Morgan fingerprint density at radius 2 is 1.68 bits per heavy atom. The van der Waals surface area contributed by atoms with Gasteiger partial charge in [0, 0.05) is 0 Å². The SMILES string of the molecule is NC(CC[C@H](N)C(=O)Sc1nc2ccccc2s1)C(=O)OCc1ccccc1. The highest BCUT2D eigenvalue weighted by atomic mass is 32.2. The molecule has 1 aromatic heterocycles. The average Bonchev–Trinajstić information content (AvgIpc) is 3.12. The Bertz CT molecular complexity index is 913. The molecule has 28 heavy (non-hydrogen) atoms. The number of fused-ring (bicyclic) bond motifs is 1. The topological polar surface area (TPSA) is 108 Å². The lowest BCUT2D eigenvalue weighted by molar-refractivity contribution is -0.146. The molecule has 0 aliphatic carbocycles. The van der Waals surface area contributed by atoms with Gasteiger partial charge in [0.1, 0.15) is 12.6 Å². The summed E-state index contributed by atoms with van der Waals surface area (Å²) in [6.45, 7) is 0.172. The quantitative estimate of drug-likeness (QED) is 0.430. The van der Waals surface area contributed by atoms with Gasteiger partial charge in [-0.3, -0.25) is 9.59 Å². The Labute approximate surface area is 171 Å². The predicted molar refractivity (Wildman–Crippen MR) is 112 cm³/mol. The summed E-state index contributed by atoms with van der Waals surface area (Å²) in [7, 11) is 0. The van der Waals surface area contributed by atoms with Crippen LogP contribution in [0.5, 0.6) is 0 Å². The second kappa shape index (κ2) is 9.79. The van der Waals surface area contributed by atoms with E-state index in [4.69, 9.17) is 16.2 Å². The van der Waals surface area contributed by atoms with Crippen molar-refractivity contribution in [2.45, 2.75) is 35.9 Å². The molecular weight excluding hydrogens is 394 g/mol. The van der Waals surface area contributed by atoms with Crippen molar-refractivity contribution in [2.24, 2.45) is 11.5 Å². The summed E-state index contributed by atoms with van der Waals surface area (Å²) in [6.07, 6.45) is 0.583. The van der Waals surface area contributed by atoms with Gasteiger partial charge in [0.25, 0.3) is 0 Å². The normalized spacial score (nSPS) is 13.2. The second-order valence-corrected chi connectivity index (χ2v) is 8.53. The molecule has 0 fully saturated rings. The summed E-state index contributed by atoms with van der Waals surface area (Å²) in [4.78, 5) is 28.8. The second-order valence-electron chi connectivity index (χ2n) is 6.25. The van der Waals surface area contributed by atoms with Gasteiger partial charge < -0.3 is 16.2 Å². The van der Waals surface area contributed by atoms with Crippen LogP contribution in [-0.2, 0) is 20.9 Å². The number of nitrogens with two attached hydrogens (primary N) is 2. The molecule has 146 valence electrons. The summed E-state index contributed by atoms with van der Waals surface area (Å²) >= 11 is 2.48. The molecule has 0 radical (unpaired) electrons. The molecule has 3 aromatic rings. The number of ether oxygens (including phenoxy) is 1. The molecule has 1 unspecified atom stereocenters. The molecule has 0 saturated carbocycles. The van der Waals surface area contributed by atoms with E-state index in [9.17, 15) is 9.59 Å². The van der Waals surface area contributed by atoms with Crippen LogP contribution < -0.4 is 11.5 Å². The third-order valence-corrected chi connectivity index (χ3v) is 6.18. The van der Waals surface area contributed by atoms with Crippen LogP contribution in [0.15, 0.2) is 58.9 Å². The number of carbonyl (C=O) groups is 2. The van der Waals surface area contributed by atoms with Crippen LogP contribution in [0.25, 0.3) is 10.2 Å². The van der Waals surface area contributed by atoms with E-state index in [1.54, 1.807) is 0 Å². The monoisotopic (exact) mass is 415 g/mol. The largest absolute Gasteiger partial charge is 0.460 e. The highest BCUT2D eigenvalue weighted by Gasteiger charge is 2.21. The molecule has 0 spiro atoms. The van der Waals surface area contributed by atoms with Crippen LogP contribution in [0.4, 0.5) is 0 Å². The third-order valence-electron chi connectivity index (χ3n) is 4.08. The molecule has 0 saturated heterocycles. The molecule has 1 heterocycles. The number of nitrogens with zero attached hydrogens (tertiary/aromatic N) is 1. The van der Waals surface area contributed by atoms with Crippen molar-refractivity contribution in [3.05, 3.63) is 60.2 Å². The average molecular weight is 416 g/mol. The van der Waals surface area contributed by atoms with Crippen LogP contribution in [0.2, 0.25) is 0 Å². The number of hydrogen-bond donors (Lipinski definition) is 2. The van der Waals surface area contributed by atoms with Crippen molar-refractivity contribution in [3.8, 4) is 0 Å². The maximum atomic E-state index is 12.3. The minimum absolute atomic E-state index is 0.172. The molecule has 0 aliphatic heterocycles. The minimum Gasteiger partial charge on any atom is -0.460 e. The number of esters is 1. The maximum absolute atomic E-state index is 12.3. The van der Waals surface area contributed by atoms with E-state index >= 15 is 0 Å². The van der Waals surface area contributed by atoms with Gasteiger partial charge >= 0.3 is 5.97 Å². The highest BCUT2D eigenvalue weighted by molar-refractivity contribution is 8.15. The van der Waals surface area contributed by atoms with Crippen LogP contribution in [0, 0.1) is 0 Å². The zero-order chi connectivity index (χ0) is 19.9. The van der Waals surface area contributed by atoms with E-state index in [1.165, 1.54) is 11.3 Å². The van der Waals surface area contributed by atoms with Gasteiger partial charge in [-0.05, 0) is 42.3 Å². The first-order chi connectivity index (χ1) is 13.5. The zero-order valence-corrected chi connectivity index (χ0v) is 16.7. The minimum atomic E-state index is -0.810. The van der Waals surface area contributed by atoms with Gasteiger partial charge in [-0.1, -0.05) is 42.5 Å². The first-order valence-electron chi connectivity index (χ1n) is 8.82. The maximum Gasteiger partial charge on any atom is 0.323 e. The van der Waals surface area contributed by atoms with Crippen molar-refractivity contribution >= 4 is 44.4 Å². The lowest BCUT2D eigenvalue weighted by atomic mass is 10.1. The van der Waals surface area contributed by atoms with Crippen molar-refractivity contribution in [1.29, 1.82) is 0 Å². The van der Waals surface area contributed by atoms with Crippen LogP contribution in [0.3, 0.4) is 0 Å². The van der Waals surface area contributed by atoms with Gasteiger partial charge in [0.2, 0.25) is 5.12 Å². The number of thioether (sulfide) groups is 1. The number of rotatable bonds is 8. The van der Waals surface area contributed by atoms with Crippen molar-refractivity contribution < 1.29 is 14.3 Å². The first-order valence-corrected chi connectivity index (χ1v) is 10.4. The molecule has 3 rings (SSSR count). The summed E-state index contributed by atoms with van der Waals surface area (Å²) in [5.74, 6) is -0.498. The zero-order valence-electron chi connectivity index (χ0n) is 15.1. The first kappa shape index (κ1) is 20.5. The Kier molecular flexibility index (Phi) is 7.16. The molecule has 2 atom stereocenters. The lowest BCUT2D eigenvalue weighted by Gasteiger charge is -2.14. The highest BCUT2D eigenvalue weighted by Crippen LogP contribution is 2.30. The predicted octanol–water partition coefficient (Wildman–Crippen LogP) is 3.09. The summed E-state index contributed by atoms with van der Waals surface area (Å²) in [5, 5.41) is -0.191. The standard InChI is InChI=1S/C20H21N3O3S2/c21-14(18(24)26-12-13-6-2-1-3-7-13)10-11-15(22)19(25)28-20-23-16-8-4-5-9-17(16)27-20/h1-9,14-15H,10-12,21-22H2/t14?,15-/m0/s1. The van der Waals surface area contributed by atoms with Gasteiger partial charge in [-0.25, -0.2) is 4.98 Å². The third kappa shape index (κ3) is 5.62. The lowest BCUT2D eigenvalue weighted by Crippen LogP contribution is -2.36. The summed E-state index contributed by atoms with van der Waals surface area (Å²) in [5.41, 5.74) is 13.6. The summed E-state index contributed by atoms with van der Waals surface area (Å²) in [6, 6.07) is 15.5. The van der Waals surface area contributed by atoms with E-state index in [2.05, 4.69) is 4.98 Å². The van der Waals surface area contributed by atoms with Crippen LogP contribution >= 0.6 is 23.1 Å².